The fraction of sp³-hybridized carbons (Fsp3) is 0.625. The Morgan fingerprint density at radius 1 is 1.45 bits per heavy atom. The molecule has 0 aliphatic heterocycles. The van der Waals surface area contributed by atoms with Crippen molar-refractivity contribution in [3.8, 4) is 0 Å². The highest BCUT2D eigenvalue weighted by molar-refractivity contribution is 5.95. The maximum absolute atomic E-state index is 12.3. The van der Waals surface area contributed by atoms with E-state index in [0.717, 1.165) is 18.0 Å². The highest BCUT2D eigenvalue weighted by Crippen LogP contribution is 2.33. The maximum atomic E-state index is 12.3. The van der Waals surface area contributed by atoms with Gasteiger partial charge >= 0.3 is 0 Å². The largest absolute Gasteiger partial charge is 0.384 e. The number of rotatable bonds is 4. The molecule has 1 aliphatic carbocycles. The molecule has 0 bridgehead atoms. The van der Waals surface area contributed by atoms with Gasteiger partial charge in [0.2, 0.25) is 0 Å². The average molecular weight is 275 g/mol. The lowest BCUT2D eigenvalue weighted by molar-refractivity contribution is 0.0937. The SMILES string of the molecule is CC(CC1CC1)NC(=O)c1cc(N)nc(C(C)(C)C)c1. The second-order valence-electron chi connectivity index (χ2n) is 6.97. The van der Waals surface area contributed by atoms with E-state index in [1.165, 1.54) is 12.8 Å². The summed E-state index contributed by atoms with van der Waals surface area (Å²) in [4.78, 5) is 16.6. The Morgan fingerprint density at radius 3 is 2.65 bits per heavy atom. The summed E-state index contributed by atoms with van der Waals surface area (Å²) >= 11 is 0. The number of aromatic nitrogens is 1. The summed E-state index contributed by atoms with van der Waals surface area (Å²) in [7, 11) is 0. The van der Waals surface area contributed by atoms with E-state index < -0.39 is 0 Å². The molecule has 0 spiro atoms. The summed E-state index contributed by atoms with van der Waals surface area (Å²) in [5.41, 5.74) is 7.15. The van der Waals surface area contributed by atoms with Gasteiger partial charge in [0.05, 0.1) is 0 Å². The van der Waals surface area contributed by atoms with Gasteiger partial charge in [-0.3, -0.25) is 4.79 Å². The lowest BCUT2D eigenvalue weighted by atomic mass is 9.90. The molecule has 1 saturated carbocycles. The van der Waals surface area contributed by atoms with Crippen LogP contribution in [0.25, 0.3) is 0 Å². The van der Waals surface area contributed by atoms with Crippen LogP contribution in [0.5, 0.6) is 0 Å². The van der Waals surface area contributed by atoms with Crippen LogP contribution in [0, 0.1) is 5.92 Å². The number of pyridine rings is 1. The summed E-state index contributed by atoms with van der Waals surface area (Å²) in [6, 6.07) is 3.70. The minimum absolute atomic E-state index is 0.0576. The number of carbonyl (C=O) groups is 1. The molecule has 0 saturated heterocycles. The number of nitrogens with two attached hydrogens (primary N) is 1. The van der Waals surface area contributed by atoms with Gasteiger partial charge < -0.3 is 11.1 Å². The van der Waals surface area contributed by atoms with E-state index in [9.17, 15) is 4.79 Å². The van der Waals surface area contributed by atoms with Crippen LogP contribution < -0.4 is 11.1 Å². The van der Waals surface area contributed by atoms with Crippen molar-refractivity contribution in [1.29, 1.82) is 0 Å². The molecule has 1 fully saturated rings. The van der Waals surface area contributed by atoms with Gasteiger partial charge in [-0.2, -0.15) is 0 Å². The summed E-state index contributed by atoms with van der Waals surface area (Å²) in [6.45, 7) is 8.25. The molecule has 1 aromatic heterocycles. The Labute approximate surface area is 121 Å². The topological polar surface area (TPSA) is 68.0 Å². The number of hydrogen-bond donors (Lipinski definition) is 2. The van der Waals surface area contributed by atoms with Gasteiger partial charge in [-0.1, -0.05) is 33.6 Å². The normalized spacial score (nSPS) is 16.8. The minimum Gasteiger partial charge on any atom is -0.384 e. The van der Waals surface area contributed by atoms with E-state index in [1.807, 2.05) is 6.07 Å². The van der Waals surface area contributed by atoms with Crippen LogP contribution in [-0.4, -0.2) is 16.9 Å². The van der Waals surface area contributed by atoms with Gasteiger partial charge in [-0.25, -0.2) is 4.98 Å². The van der Waals surface area contributed by atoms with Crippen LogP contribution in [-0.2, 0) is 5.41 Å². The molecule has 1 aromatic rings. The van der Waals surface area contributed by atoms with Crippen LogP contribution in [0.1, 0.15) is 63.0 Å². The number of amides is 1. The lowest BCUT2D eigenvalue weighted by Crippen LogP contribution is -2.33. The van der Waals surface area contributed by atoms with Gasteiger partial charge in [0.1, 0.15) is 5.82 Å². The molecule has 1 heterocycles. The van der Waals surface area contributed by atoms with Crippen molar-refractivity contribution >= 4 is 11.7 Å². The molecule has 1 aliphatic rings. The zero-order chi connectivity index (χ0) is 14.9. The zero-order valence-corrected chi connectivity index (χ0v) is 12.9. The molecule has 4 heteroatoms. The van der Waals surface area contributed by atoms with Crippen LogP contribution in [0.15, 0.2) is 12.1 Å². The van der Waals surface area contributed by atoms with Crippen molar-refractivity contribution < 1.29 is 4.79 Å². The third kappa shape index (κ3) is 3.95. The molecular formula is C16H25N3O. The third-order valence-electron chi connectivity index (χ3n) is 3.64. The van der Waals surface area contributed by atoms with Gasteiger partial charge in [-0.15, -0.1) is 0 Å². The van der Waals surface area contributed by atoms with E-state index in [4.69, 9.17) is 5.73 Å². The number of nitrogens with zero attached hydrogens (tertiary/aromatic N) is 1. The fourth-order valence-electron chi connectivity index (χ4n) is 2.29. The van der Waals surface area contributed by atoms with E-state index in [0.29, 0.717) is 11.4 Å². The number of carbonyl (C=O) groups excluding carboxylic acids is 1. The van der Waals surface area contributed by atoms with Crippen molar-refractivity contribution in [1.82, 2.24) is 10.3 Å². The Hall–Kier alpha value is -1.58. The Bertz CT molecular complexity index is 501. The van der Waals surface area contributed by atoms with Crippen molar-refractivity contribution in [2.75, 3.05) is 5.73 Å². The first-order valence-electron chi connectivity index (χ1n) is 7.34. The fourth-order valence-corrected chi connectivity index (χ4v) is 2.29. The van der Waals surface area contributed by atoms with E-state index in [1.54, 1.807) is 6.07 Å². The second-order valence-corrected chi connectivity index (χ2v) is 6.97. The van der Waals surface area contributed by atoms with Crippen molar-refractivity contribution in [2.24, 2.45) is 5.92 Å². The lowest BCUT2D eigenvalue weighted by Gasteiger charge is -2.19. The molecule has 2 rings (SSSR count). The van der Waals surface area contributed by atoms with Crippen LogP contribution in [0.3, 0.4) is 0 Å². The first-order valence-corrected chi connectivity index (χ1v) is 7.34. The van der Waals surface area contributed by atoms with Gasteiger partial charge in [-0.05, 0) is 31.4 Å². The molecule has 110 valence electrons. The predicted octanol–water partition coefficient (Wildman–Crippen LogP) is 2.88. The monoisotopic (exact) mass is 275 g/mol. The molecule has 1 amide bonds. The maximum Gasteiger partial charge on any atom is 0.251 e. The first kappa shape index (κ1) is 14.8. The first-order chi connectivity index (χ1) is 9.25. The molecule has 4 nitrogen and oxygen atoms in total. The van der Waals surface area contributed by atoms with Crippen LogP contribution in [0.4, 0.5) is 5.82 Å². The summed E-state index contributed by atoms with van der Waals surface area (Å²) in [5.74, 6) is 1.15. The molecule has 20 heavy (non-hydrogen) atoms. The van der Waals surface area contributed by atoms with Crippen LogP contribution >= 0.6 is 0 Å². The molecular weight excluding hydrogens is 250 g/mol. The minimum atomic E-state index is -0.121. The summed E-state index contributed by atoms with van der Waals surface area (Å²) in [6.07, 6.45) is 3.67. The molecule has 0 radical (unpaired) electrons. The van der Waals surface area contributed by atoms with E-state index in [-0.39, 0.29) is 17.4 Å². The highest BCUT2D eigenvalue weighted by Gasteiger charge is 2.25. The van der Waals surface area contributed by atoms with Gasteiger partial charge in [0.15, 0.2) is 0 Å². The predicted molar refractivity (Wildman–Crippen MR) is 81.6 cm³/mol. The van der Waals surface area contributed by atoms with Crippen molar-refractivity contribution in [3.63, 3.8) is 0 Å². The van der Waals surface area contributed by atoms with Crippen molar-refractivity contribution in [3.05, 3.63) is 23.4 Å². The summed E-state index contributed by atoms with van der Waals surface area (Å²) < 4.78 is 0. The van der Waals surface area contributed by atoms with E-state index >= 15 is 0 Å². The standard InChI is InChI=1S/C16H25N3O/c1-10(7-11-5-6-11)18-15(20)12-8-13(16(2,3)4)19-14(17)9-12/h8-11H,5-7H2,1-4H3,(H2,17,19)(H,18,20). The molecule has 0 aromatic carbocycles. The Balaban J connectivity index is 2.10. The number of anilines is 1. The van der Waals surface area contributed by atoms with E-state index in [2.05, 4.69) is 38.0 Å². The van der Waals surface area contributed by atoms with Gasteiger partial charge in [0, 0.05) is 22.7 Å². The zero-order valence-electron chi connectivity index (χ0n) is 12.9. The average Bonchev–Trinajstić information content (AvgIpc) is 3.10. The smallest absolute Gasteiger partial charge is 0.251 e. The van der Waals surface area contributed by atoms with Crippen LogP contribution in [0.2, 0.25) is 0 Å². The molecule has 1 unspecified atom stereocenters. The second kappa shape index (κ2) is 5.43. The highest BCUT2D eigenvalue weighted by atomic mass is 16.1. The van der Waals surface area contributed by atoms with Gasteiger partial charge in [0.25, 0.3) is 5.91 Å². The summed E-state index contributed by atoms with van der Waals surface area (Å²) in [5, 5.41) is 3.05. The number of nitrogens with one attached hydrogen (secondary N) is 1. The number of nitrogen functional groups attached to an aromatic ring is 1. The molecule has 1 atom stereocenters. The number of hydrogen-bond acceptors (Lipinski definition) is 3. The quantitative estimate of drug-likeness (QED) is 0.887. The molecule has 3 N–H and O–H groups in total. The van der Waals surface area contributed by atoms with Crippen molar-refractivity contribution in [2.45, 2.75) is 58.4 Å². The third-order valence-corrected chi connectivity index (χ3v) is 3.64. The Kier molecular flexibility index (Phi) is 4.02. The Morgan fingerprint density at radius 2 is 2.10 bits per heavy atom.